The zero-order valence-electron chi connectivity index (χ0n) is 17.0. The first-order valence-corrected chi connectivity index (χ1v) is 11.3. The highest BCUT2D eigenvalue weighted by Gasteiger charge is 2.42. The lowest BCUT2D eigenvalue weighted by atomic mass is 9.84. The van der Waals surface area contributed by atoms with Crippen LogP contribution in [0.4, 0.5) is 0 Å². The van der Waals surface area contributed by atoms with E-state index in [4.69, 9.17) is 16.3 Å². The van der Waals surface area contributed by atoms with Gasteiger partial charge in [-0.15, -0.1) is 0 Å². The largest absolute Gasteiger partial charge is 0.508 e. The number of rotatable bonds is 5. The molecule has 3 atom stereocenters. The summed E-state index contributed by atoms with van der Waals surface area (Å²) in [4.78, 5) is 15.0. The summed E-state index contributed by atoms with van der Waals surface area (Å²) in [6.07, 6.45) is 0. The lowest BCUT2D eigenvalue weighted by Crippen LogP contribution is -2.33. The summed E-state index contributed by atoms with van der Waals surface area (Å²) in [5.74, 6) is -0.0836. The fraction of sp³-hybridized carbons (Fsp3) is 0.240. The molecule has 4 rings (SSSR count). The molecule has 0 aromatic heterocycles. The van der Waals surface area contributed by atoms with Crippen LogP contribution in [0.3, 0.4) is 0 Å². The van der Waals surface area contributed by atoms with Crippen LogP contribution >= 0.6 is 27.5 Å². The predicted molar refractivity (Wildman–Crippen MR) is 126 cm³/mol. The topological polar surface area (TPSA) is 49.8 Å². The average Bonchev–Trinajstić information content (AvgIpc) is 3.20. The van der Waals surface area contributed by atoms with Crippen molar-refractivity contribution >= 4 is 33.5 Å². The summed E-state index contributed by atoms with van der Waals surface area (Å²) >= 11 is 9.97. The number of carbonyl (C=O) groups is 1. The minimum Gasteiger partial charge on any atom is -0.508 e. The van der Waals surface area contributed by atoms with Crippen LogP contribution in [0.25, 0.3) is 0 Å². The van der Waals surface area contributed by atoms with Crippen LogP contribution in [0.15, 0.2) is 77.3 Å². The highest BCUT2D eigenvalue weighted by molar-refractivity contribution is 9.10. The number of ether oxygens (including phenoxy) is 1. The van der Waals surface area contributed by atoms with E-state index in [1.807, 2.05) is 54.6 Å². The second kappa shape index (κ2) is 9.43. The van der Waals surface area contributed by atoms with Gasteiger partial charge in [-0.05, 0) is 35.4 Å². The maximum atomic E-state index is 12.8. The second-order valence-corrected chi connectivity index (χ2v) is 9.02. The smallest absolute Gasteiger partial charge is 0.327 e. The van der Waals surface area contributed by atoms with Crippen molar-refractivity contribution in [3.63, 3.8) is 0 Å². The number of halogens is 2. The van der Waals surface area contributed by atoms with Crippen LogP contribution in [0.5, 0.6) is 5.75 Å². The third-order valence-electron chi connectivity index (χ3n) is 5.95. The van der Waals surface area contributed by atoms with Crippen LogP contribution in [0, 0.1) is 0 Å². The fourth-order valence-electron chi connectivity index (χ4n) is 4.52. The first-order chi connectivity index (χ1) is 15.0. The lowest BCUT2D eigenvalue weighted by molar-refractivity contribution is -0.146. The van der Waals surface area contributed by atoms with E-state index in [1.54, 1.807) is 12.1 Å². The molecule has 0 bridgehead atoms. The Balaban J connectivity index is 1.79. The number of hydrogen-bond acceptors (Lipinski definition) is 4. The molecule has 3 aromatic rings. The molecular formula is C25H23BrClNO3. The Hall–Kier alpha value is -2.34. The van der Waals surface area contributed by atoms with E-state index in [0.717, 1.165) is 21.2 Å². The number of phenols is 1. The number of esters is 1. The molecule has 6 heteroatoms. The van der Waals surface area contributed by atoms with Crippen LogP contribution in [-0.2, 0) is 9.53 Å². The van der Waals surface area contributed by atoms with Crippen LogP contribution in [0.1, 0.15) is 34.6 Å². The van der Waals surface area contributed by atoms with Crippen LogP contribution in [-0.4, -0.2) is 36.2 Å². The van der Waals surface area contributed by atoms with E-state index in [-0.39, 0.29) is 23.6 Å². The number of methoxy groups -OCH3 is 1. The van der Waals surface area contributed by atoms with Crippen molar-refractivity contribution in [1.29, 1.82) is 0 Å². The van der Waals surface area contributed by atoms with Gasteiger partial charge in [0.2, 0.25) is 0 Å². The van der Waals surface area contributed by atoms with E-state index in [1.165, 1.54) is 7.11 Å². The molecule has 1 saturated heterocycles. The number of aromatic hydroxyl groups is 1. The molecule has 0 saturated carbocycles. The van der Waals surface area contributed by atoms with Crippen molar-refractivity contribution in [3.8, 4) is 5.75 Å². The molecule has 1 heterocycles. The van der Waals surface area contributed by atoms with Gasteiger partial charge in [-0.2, -0.15) is 0 Å². The SMILES string of the molecule is COC(=O)[C@@H](c1ccccc1)N1C[C@H](c2cc(Cl)ccc2O)[C@@H](c2ccccc2Br)C1. The van der Waals surface area contributed by atoms with Crippen LogP contribution in [0.2, 0.25) is 5.02 Å². The number of nitrogens with zero attached hydrogens (tertiary/aromatic N) is 1. The summed E-state index contributed by atoms with van der Waals surface area (Å²) in [5, 5.41) is 11.2. The first-order valence-electron chi connectivity index (χ1n) is 10.1. The van der Waals surface area contributed by atoms with E-state index < -0.39 is 6.04 Å². The summed E-state index contributed by atoms with van der Waals surface area (Å²) in [6.45, 7) is 1.21. The first kappa shape index (κ1) is 21.9. The van der Waals surface area contributed by atoms with E-state index in [2.05, 4.69) is 26.9 Å². The third kappa shape index (κ3) is 4.49. The predicted octanol–water partition coefficient (Wildman–Crippen LogP) is 5.91. The van der Waals surface area contributed by atoms with Gasteiger partial charge in [-0.3, -0.25) is 4.90 Å². The zero-order chi connectivity index (χ0) is 22.0. The summed E-state index contributed by atoms with van der Waals surface area (Å²) in [5.41, 5.74) is 2.80. The summed E-state index contributed by atoms with van der Waals surface area (Å²) in [7, 11) is 1.42. The standard InChI is InChI=1S/C25H23BrClNO3/c1-31-25(30)24(16-7-3-2-4-8-16)28-14-20(18-9-5-6-10-22(18)26)21(15-28)19-13-17(27)11-12-23(19)29/h2-13,20-21,24,29H,14-15H2,1H3/t20-,21-,24-/m1/s1. The lowest BCUT2D eigenvalue weighted by Gasteiger charge is -2.26. The highest BCUT2D eigenvalue weighted by Crippen LogP contribution is 2.47. The summed E-state index contributed by atoms with van der Waals surface area (Å²) in [6, 6.07) is 22.4. The molecule has 1 aliphatic rings. The van der Waals surface area contributed by atoms with E-state index >= 15 is 0 Å². The minimum atomic E-state index is -0.525. The van der Waals surface area contributed by atoms with E-state index in [0.29, 0.717) is 18.1 Å². The zero-order valence-corrected chi connectivity index (χ0v) is 19.4. The Bertz CT molecular complexity index is 1080. The quantitative estimate of drug-likeness (QED) is 0.443. The van der Waals surface area contributed by atoms with E-state index in [9.17, 15) is 9.90 Å². The van der Waals surface area contributed by atoms with Gasteiger partial charge in [-0.25, -0.2) is 4.79 Å². The van der Waals surface area contributed by atoms with Crippen molar-refractivity contribution in [3.05, 3.63) is 99.0 Å². The minimum absolute atomic E-state index is 0.0479. The Morgan fingerprint density at radius 3 is 2.35 bits per heavy atom. The Labute approximate surface area is 195 Å². The normalized spacial score (nSPS) is 19.8. The van der Waals surface area contributed by atoms with Gasteiger partial charge in [0, 0.05) is 40.0 Å². The third-order valence-corrected chi connectivity index (χ3v) is 6.90. The number of benzene rings is 3. The monoisotopic (exact) mass is 499 g/mol. The molecule has 160 valence electrons. The molecule has 0 unspecified atom stereocenters. The molecule has 31 heavy (non-hydrogen) atoms. The molecule has 1 aliphatic heterocycles. The highest BCUT2D eigenvalue weighted by atomic mass is 79.9. The van der Waals surface area contributed by atoms with Crippen molar-refractivity contribution in [1.82, 2.24) is 4.90 Å². The second-order valence-electron chi connectivity index (χ2n) is 7.73. The fourth-order valence-corrected chi connectivity index (χ4v) is 5.28. The van der Waals surface area contributed by atoms with Gasteiger partial charge < -0.3 is 9.84 Å². The van der Waals surface area contributed by atoms with Crippen molar-refractivity contribution in [2.75, 3.05) is 20.2 Å². The Morgan fingerprint density at radius 1 is 1.03 bits per heavy atom. The maximum absolute atomic E-state index is 12.8. The molecule has 0 amide bonds. The van der Waals surface area contributed by atoms with Gasteiger partial charge in [-0.1, -0.05) is 76.1 Å². The van der Waals surface area contributed by atoms with Crippen molar-refractivity contribution < 1.29 is 14.6 Å². The molecule has 0 aliphatic carbocycles. The van der Waals surface area contributed by atoms with Crippen molar-refractivity contribution in [2.24, 2.45) is 0 Å². The van der Waals surface area contributed by atoms with Gasteiger partial charge >= 0.3 is 5.97 Å². The van der Waals surface area contributed by atoms with Gasteiger partial charge in [0.25, 0.3) is 0 Å². The molecule has 1 N–H and O–H groups in total. The molecule has 1 fully saturated rings. The maximum Gasteiger partial charge on any atom is 0.327 e. The van der Waals surface area contributed by atoms with Crippen LogP contribution < -0.4 is 0 Å². The van der Waals surface area contributed by atoms with Gasteiger partial charge in [0.15, 0.2) is 0 Å². The average molecular weight is 501 g/mol. The number of carbonyl (C=O) groups excluding carboxylic acids is 1. The Morgan fingerprint density at radius 2 is 1.68 bits per heavy atom. The molecule has 0 radical (unpaired) electrons. The Kier molecular flexibility index (Phi) is 6.65. The molecular weight excluding hydrogens is 478 g/mol. The number of likely N-dealkylation sites (tertiary alicyclic amines) is 1. The van der Waals surface area contributed by atoms with Gasteiger partial charge in [0.05, 0.1) is 7.11 Å². The summed E-state index contributed by atoms with van der Waals surface area (Å²) < 4.78 is 6.17. The number of phenolic OH excluding ortho intramolecular Hbond substituents is 1. The van der Waals surface area contributed by atoms with Crippen molar-refractivity contribution in [2.45, 2.75) is 17.9 Å². The molecule has 3 aromatic carbocycles. The molecule has 4 nitrogen and oxygen atoms in total. The van der Waals surface area contributed by atoms with Gasteiger partial charge in [0.1, 0.15) is 11.8 Å². The molecule has 0 spiro atoms. The number of hydrogen-bond donors (Lipinski definition) is 1.